The summed E-state index contributed by atoms with van der Waals surface area (Å²) in [5.74, 6) is 0.0953. The van der Waals surface area contributed by atoms with Gasteiger partial charge in [0.2, 0.25) is 0 Å². The number of hydrogen-bond donors (Lipinski definition) is 0. The van der Waals surface area contributed by atoms with Crippen LogP contribution in [-0.4, -0.2) is 43.3 Å². The van der Waals surface area contributed by atoms with E-state index in [1.54, 1.807) is 0 Å². The van der Waals surface area contributed by atoms with Gasteiger partial charge in [0.15, 0.2) is 0 Å². The van der Waals surface area contributed by atoms with E-state index in [1.165, 1.54) is 51.9 Å². The first kappa shape index (κ1) is 22.9. The molecule has 0 unspecified atom stereocenters. The van der Waals surface area contributed by atoms with Crippen LogP contribution in [0.1, 0.15) is 90.9 Å². The third kappa shape index (κ3) is 10.8. The molecule has 1 aliphatic heterocycles. The zero-order valence-corrected chi connectivity index (χ0v) is 17.3. The van der Waals surface area contributed by atoms with Gasteiger partial charge in [0.25, 0.3) is 0 Å². The zero-order chi connectivity index (χ0) is 19.3. The number of quaternary nitrogens is 1. The predicted octanol–water partition coefficient (Wildman–Crippen LogP) is 4.79. The van der Waals surface area contributed by atoms with E-state index >= 15 is 0 Å². The van der Waals surface area contributed by atoms with Crippen LogP contribution in [0.4, 0.5) is 0 Å². The highest BCUT2D eigenvalue weighted by Crippen LogP contribution is 2.23. The molecule has 0 aromatic heterocycles. The lowest BCUT2D eigenvalue weighted by molar-refractivity contribution is -1.08. The van der Waals surface area contributed by atoms with Gasteiger partial charge >= 0.3 is 11.9 Å². The van der Waals surface area contributed by atoms with Crippen molar-refractivity contribution in [3.8, 4) is 0 Å². The van der Waals surface area contributed by atoms with Gasteiger partial charge in [-0.3, -0.25) is 9.63 Å². The topological polar surface area (TPSA) is 52.6 Å². The standard InChI is InChI=1S/C21H40NO4/c1-4-5-6-7-8-9-10-11-12-13-21(24)25-18-20-14-16-22(3,17-15-20)26-19(2)23/h20H,4-18H2,1-3H3/q+1. The molecule has 1 aliphatic rings. The number of carbonyl (C=O) groups is 2. The van der Waals surface area contributed by atoms with Crippen molar-refractivity contribution >= 4 is 11.9 Å². The first-order valence-electron chi connectivity index (χ1n) is 10.7. The molecular formula is C21H40NO4+. The Balaban J connectivity index is 1.98. The fourth-order valence-corrected chi connectivity index (χ4v) is 3.60. The Morgan fingerprint density at radius 3 is 2.00 bits per heavy atom. The summed E-state index contributed by atoms with van der Waals surface area (Å²) in [6.07, 6.45) is 13.7. The van der Waals surface area contributed by atoms with Crippen molar-refractivity contribution in [1.82, 2.24) is 0 Å². The minimum Gasteiger partial charge on any atom is -0.465 e. The summed E-state index contributed by atoms with van der Waals surface area (Å²) in [5, 5.41) is 0. The molecule has 5 nitrogen and oxygen atoms in total. The van der Waals surface area contributed by atoms with Crippen LogP contribution >= 0.6 is 0 Å². The van der Waals surface area contributed by atoms with Crippen molar-refractivity contribution in [2.24, 2.45) is 5.92 Å². The first-order chi connectivity index (χ1) is 12.4. The molecule has 0 amide bonds. The van der Waals surface area contributed by atoms with E-state index in [9.17, 15) is 9.59 Å². The zero-order valence-electron chi connectivity index (χ0n) is 17.3. The number of piperidine rings is 1. The van der Waals surface area contributed by atoms with Crippen LogP contribution in [-0.2, 0) is 19.2 Å². The lowest BCUT2D eigenvalue weighted by Crippen LogP contribution is -2.51. The monoisotopic (exact) mass is 370 g/mol. The molecule has 0 aromatic carbocycles. The summed E-state index contributed by atoms with van der Waals surface area (Å²) >= 11 is 0. The number of ether oxygens (including phenoxy) is 1. The van der Waals surface area contributed by atoms with E-state index in [0.717, 1.165) is 38.8 Å². The summed E-state index contributed by atoms with van der Waals surface area (Å²) in [7, 11) is 1.94. The SMILES string of the molecule is CCCCCCCCCCCC(=O)OCC1CC[N+](C)(OC(C)=O)CC1. The predicted molar refractivity (Wildman–Crippen MR) is 103 cm³/mol. The maximum atomic E-state index is 11.9. The van der Waals surface area contributed by atoms with Crippen molar-refractivity contribution < 1.29 is 23.8 Å². The fourth-order valence-electron chi connectivity index (χ4n) is 3.60. The fraction of sp³-hybridized carbons (Fsp3) is 0.905. The van der Waals surface area contributed by atoms with Gasteiger partial charge in [-0.25, -0.2) is 4.79 Å². The van der Waals surface area contributed by atoms with E-state index in [4.69, 9.17) is 9.57 Å². The molecule has 0 saturated carbocycles. The van der Waals surface area contributed by atoms with Crippen LogP contribution in [0.5, 0.6) is 0 Å². The number of hydrogen-bond acceptors (Lipinski definition) is 4. The Morgan fingerprint density at radius 1 is 0.923 bits per heavy atom. The van der Waals surface area contributed by atoms with Crippen molar-refractivity contribution in [1.29, 1.82) is 0 Å². The highest BCUT2D eigenvalue weighted by atomic mass is 16.7. The highest BCUT2D eigenvalue weighted by Gasteiger charge is 2.34. The quantitative estimate of drug-likeness (QED) is 0.266. The van der Waals surface area contributed by atoms with Gasteiger partial charge < -0.3 is 4.74 Å². The van der Waals surface area contributed by atoms with Gasteiger partial charge in [-0.05, 0) is 6.42 Å². The van der Waals surface area contributed by atoms with E-state index in [-0.39, 0.29) is 11.9 Å². The second kappa shape index (κ2) is 13.1. The number of hydroxylamine groups is 3. The molecule has 5 heteroatoms. The molecule has 0 aromatic rings. The van der Waals surface area contributed by atoms with Crippen molar-refractivity contribution in [3.63, 3.8) is 0 Å². The van der Waals surface area contributed by atoms with Crippen LogP contribution in [0.15, 0.2) is 0 Å². The molecule has 0 spiro atoms. The molecule has 1 heterocycles. The molecule has 152 valence electrons. The summed E-state index contributed by atoms with van der Waals surface area (Å²) in [6.45, 7) is 5.78. The Bertz CT molecular complexity index is 403. The summed E-state index contributed by atoms with van der Waals surface area (Å²) in [6, 6.07) is 0. The van der Waals surface area contributed by atoms with Gasteiger partial charge in [0.1, 0.15) is 20.1 Å². The second-order valence-corrected chi connectivity index (χ2v) is 8.03. The van der Waals surface area contributed by atoms with Crippen LogP contribution in [0.3, 0.4) is 0 Å². The van der Waals surface area contributed by atoms with E-state index in [1.807, 2.05) is 7.05 Å². The minimum atomic E-state index is -0.238. The average Bonchev–Trinajstić information content (AvgIpc) is 2.59. The molecule has 0 aliphatic carbocycles. The number of carbonyl (C=O) groups excluding carboxylic acids is 2. The number of nitrogens with zero attached hydrogens (tertiary/aromatic N) is 1. The lowest BCUT2D eigenvalue weighted by atomic mass is 9.98. The Morgan fingerprint density at radius 2 is 1.46 bits per heavy atom. The minimum absolute atomic E-state index is 0.0595. The van der Waals surface area contributed by atoms with Crippen LogP contribution < -0.4 is 0 Å². The Hall–Kier alpha value is -1.10. The van der Waals surface area contributed by atoms with E-state index in [0.29, 0.717) is 23.6 Å². The molecule has 1 fully saturated rings. The summed E-state index contributed by atoms with van der Waals surface area (Å²) < 4.78 is 5.79. The third-order valence-corrected chi connectivity index (χ3v) is 5.33. The largest absolute Gasteiger partial charge is 0.465 e. The molecule has 0 atom stereocenters. The molecule has 26 heavy (non-hydrogen) atoms. The second-order valence-electron chi connectivity index (χ2n) is 8.03. The van der Waals surface area contributed by atoms with Gasteiger partial charge in [-0.2, -0.15) is 0 Å². The number of rotatable bonds is 13. The molecule has 0 bridgehead atoms. The normalized spacial score (nSPS) is 22.8. The number of esters is 1. The van der Waals surface area contributed by atoms with E-state index in [2.05, 4.69) is 6.92 Å². The van der Waals surface area contributed by atoms with Crippen molar-refractivity contribution in [2.75, 3.05) is 26.7 Å². The van der Waals surface area contributed by atoms with Gasteiger partial charge in [0.05, 0.1) is 6.61 Å². The smallest absolute Gasteiger partial charge is 0.363 e. The first-order valence-corrected chi connectivity index (χ1v) is 10.7. The van der Waals surface area contributed by atoms with Gasteiger partial charge in [0, 0.05) is 32.1 Å². The third-order valence-electron chi connectivity index (χ3n) is 5.33. The Labute approximate surface area is 160 Å². The molecule has 0 N–H and O–H groups in total. The molecule has 0 radical (unpaired) electrons. The highest BCUT2D eigenvalue weighted by molar-refractivity contribution is 5.69. The number of unbranched alkanes of at least 4 members (excludes halogenated alkanes) is 8. The number of likely N-dealkylation sites (tertiary alicyclic amines) is 1. The van der Waals surface area contributed by atoms with Gasteiger partial charge in [-0.15, -0.1) is 4.65 Å². The van der Waals surface area contributed by atoms with Gasteiger partial charge in [-0.1, -0.05) is 58.3 Å². The average molecular weight is 371 g/mol. The van der Waals surface area contributed by atoms with Crippen LogP contribution in [0.2, 0.25) is 0 Å². The van der Waals surface area contributed by atoms with E-state index < -0.39 is 0 Å². The molecule has 1 saturated heterocycles. The molecule has 1 rings (SSSR count). The lowest BCUT2D eigenvalue weighted by Gasteiger charge is -2.36. The Kier molecular flexibility index (Phi) is 11.6. The maximum Gasteiger partial charge on any atom is 0.363 e. The summed E-state index contributed by atoms with van der Waals surface area (Å²) in [4.78, 5) is 28.4. The summed E-state index contributed by atoms with van der Waals surface area (Å²) in [5.41, 5.74) is 0. The van der Waals surface area contributed by atoms with Crippen molar-refractivity contribution in [2.45, 2.75) is 90.9 Å². The van der Waals surface area contributed by atoms with Crippen molar-refractivity contribution in [3.05, 3.63) is 0 Å². The van der Waals surface area contributed by atoms with Crippen LogP contribution in [0, 0.1) is 5.92 Å². The maximum absolute atomic E-state index is 11.9. The molecular weight excluding hydrogens is 330 g/mol. The van der Waals surface area contributed by atoms with Crippen LogP contribution in [0.25, 0.3) is 0 Å².